The van der Waals surface area contributed by atoms with Gasteiger partial charge in [-0.1, -0.05) is 81.8 Å². The van der Waals surface area contributed by atoms with E-state index in [4.69, 9.17) is 0 Å². The van der Waals surface area contributed by atoms with Crippen molar-refractivity contribution in [3.8, 4) is 0 Å². The summed E-state index contributed by atoms with van der Waals surface area (Å²) in [6, 6.07) is 0. The Morgan fingerprint density at radius 3 is 1.00 bits per heavy atom. The van der Waals surface area contributed by atoms with Gasteiger partial charge in [0.1, 0.15) is 0 Å². The maximum absolute atomic E-state index is 2.57. The third-order valence-electron chi connectivity index (χ3n) is 4.53. The highest BCUT2D eigenvalue weighted by Crippen LogP contribution is 2.33. The summed E-state index contributed by atoms with van der Waals surface area (Å²) in [7, 11) is -2.25. The van der Waals surface area contributed by atoms with Gasteiger partial charge >= 0.3 is 0 Å². The van der Waals surface area contributed by atoms with Gasteiger partial charge in [0.25, 0.3) is 0 Å². The Bertz CT molecular complexity index is 272. The first-order valence-corrected chi connectivity index (χ1v) is 15.5. The maximum Gasteiger partial charge on any atom is 0.0718 e. The molecule has 19 heavy (non-hydrogen) atoms. The molecule has 0 aromatic rings. The van der Waals surface area contributed by atoms with Crippen LogP contribution in [0.5, 0.6) is 0 Å². The highest BCUT2D eigenvalue weighted by molar-refractivity contribution is 6.89. The van der Waals surface area contributed by atoms with E-state index in [0.717, 1.165) is 0 Å². The van der Waals surface area contributed by atoms with E-state index in [2.05, 4.69) is 39.3 Å². The molecule has 0 fully saturated rings. The van der Waals surface area contributed by atoms with Gasteiger partial charge in [-0.05, 0) is 25.7 Å². The van der Waals surface area contributed by atoms with E-state index < -0.39 is 16.1 Å². The van der Waals surface area contributed by atoms with E-state index in [1.54, 1.807) is 0 Å². The lowest BCUT2D eigenvalue weighted by Crippen LogP contribution is -2.34. The largest absolute Gasteiger partial charge is 0.0855 e. The summed E-state index contributed by atoms with van der Waals surface area (Å²) in [6.45, 7) is 15.4. The Hall–Kier alpha value is 0.174. The molecule has 0 aliphatic heterocycles. The van der Waals surface area contributed by atoms with Crippen LogP contribution in [0.1, 0.15) is 57.8 Å². The van der Waals surface area contributed by atoms with Crippen molar-refractivity contribution < 1.29 is 0 Å². The predicted octanol–water partition coefficient (Wildman–Crippen LogP) is 6.56. The second-order valence-electron chi connectivity index (χ2n) is 8.43. The summed E-state index contributed by atoms with van der Waals surface area (Å²) in [5.41, 5.74) is 0. The summed E-state index contributed by atoms with van der Waals surface area (Å²) in [4.78, 5) is 0. The molecule has 0 unspecified atom stereocenters. The molecule has 1 aliphatic rings. The molecule has 2 heteroatoms. The molecule has 0 saturated carbocycles. The molecular formula is C17H36Si2. The van der Waals surface area contributed by atoms with Crippen molar-refractivity contribution in [2.75, 3.05) is 0 Å². The third kappa shape index (κ3) is 5.99. The zero-order valence-electron chi connectivity index (χ0n) is 14.4. The second-order valence-corrected chi connectivity index (χ2v) is 18.6. The minimum Gasteiger partial charge on any atom is -0.0855 e. The van der Waals surface area contributed by atoms with E-state index >= 15 is 0 Å². The lowest BCUT2D eigenvalue weighted by molar-refractivity contribution is 0.588. The molecule has 0 saturated heterocycles. The fraction of sp³-hybridized carbons (Fsp3) is 0.882. The van der Waals surface area contributed by atoms with Crippen LogP contribution < -0.4 is 0 Å². The van der Waals surface area contributed by atoms with Crippen molar-refractivity contribution in [3.05, 3.63) is 10.4 Å². The zero-order valence-corrected chi connectivity index (χ0v) is 16.4. The Morgan fingerprint density at radius 2 is 0.737 bits per heavy atom. The minimum absolute atomic E-state index is 1.12. The molecule has 0 spiro atoms. The number of allylic oxidation sites excluding steroid dienone is 2. The molecule has 0 amide bonds. The topological polar surface area (TPSA) is 0 Å². The van der Waals surface area contributed by atoms with Gasteiger partial charge in [-0.15, -0.1) is 0 Å². The maximum atomic E-state index is 2.57. The molecule has 0 aromatic carbocycles. The summed E-state index contributed by atoms with van der Waals surface area (Å²) in [5, 5.41) is 3.93. The summed E-state index contributed by atoms with van der Waals surface area (Å²) < 4.78 is 0. The average molecular weight is 297 g/mol. The summed E-state index contributed by atoms with van der Waals surface area (Å²) in [5.74, 6) is 0. The third-order valence-corrected chi connectivity index (χ3v) is 9.50. The first-order valence-electron chi connectivity index (χ1n) is 8.46. The van der Waals surface area contributed by atoms with Crippen LogP contribution in [0.4, 0.5) is 0 Å². The average Bonchev–Trinajstić information content (AvgIpc) is 2.29. The molecule has 0 nitrogen and oxygen atoms in total. The van der Waals surface area contributed by atoms with Crippen molar-refractivity contribution in [1.82, 2.24) is 0 Å². The van der Waals surface area contributed by atoms with Crippen molar-refractivity contribution in [3.63, 3.8) is 0 Å². The van der Waals surface area contributed by atoms with E-state index in [-0.39, 0.29) is 0 Å². The molecule has 0 radical (unpaired) electrons. The van der Waals surface area contributed by atoms with Crippen LogP contribution in [0, 0.1) is 0 Å². The Morgan fingerprint density at radius 1 is 0.474 bits per heavy atom. The van der Waals surface area contributed by atoms with Crippen LogP contribution in [0.15, 0.2) is 10.4 Å². The van der Waals surface area contributed by atoms with E-state index in [0.29, 0.717) is 0 Å². The second kappa shape index (κ2) is 7.26. The molecule has 0 atom stereocenters. The van der Waals surface area contributed by atoms with Crippen LogP contribution in [-0.4, -0.2) is 16.1 Å². The van der Waals surface area contributed by atoms with Gasteiger partial charge in [0.2, 0.25) is 0 Å². The van der Waals surface area contributed by atoms with E-state index in [1.807, 2.05) is 10.4 Å². The molecule has 0 N–H and O–H groups in total. The number of hydrogen-bond donors (Lipinski definition) is 0. The van der Waals surface area contributed by atoms with Gasteiger partial charge in [0, 0.05) is 0 Å². The van der Waals surface area contributed by atoms with Crippen LogP contribution in [0.2, 0.25) is 39.3 Å². The fourth-order valence-electron chi connectivity index (χ4n) is 3.44. The zero-order chi connectivity index (χ0) is 14.5. The van der Waals surface area contributed by atoms with Gasteiger partial charge < -0.3 is 0 Å². The van der Waals surface area contributed by atoms with Crippen LogP contribution >= 0.6 is 0 Å². The van der Waals surface area contributed by atoms with Gasteiger partial charge in [0.15, 0.2) is 0 Å². The molecule has 0 bridgehead atoms. The van der Waals surface area contributed by atoms with Crippen LogP contribution in [0.25, 0.3) is 0 Å². The van der Waals surface area contributed by atoms with Crippen LogP contribution in [0.3, 0.4) is 0 Å². The predicted molar refractivity (Wildman–Crippen MR) is 95.3 cm³/mol. The normalized spacial score (nSPS) is 24.9. The molecular weight excluding hydrogens is 260 g/mol. The molecule has 112 valence electrons. The van der Waals surface area contributed by atoms with Crippen LogP contribution in [-0.2, 0) is 0 Å². The van der Waals surface area contributed by atoms with Crippen molar-refractivity contribution in [1.29, 1.82) is 0 Å². The Kier molecular flexibility index (Phi) is 6.58. The smallest absolute Gasteiger partial charge is 0.0718 e. The highest BCUT2D eigenvalue weighted by Gasteiger charge is 2.29. The lowest BCUT2D eigenvalue weighted by atomic mass is 10.1. The van der Waals surface area contributed by atoms with Crippen molar-refractivity contribution >= 4 is 16.1 Å². The molecule has 0 heterocycles. The van der Waals surface area contributed by atoms with Gasteiger partial charge in [-0.2, -0.15) is 0 Å². The van der Waals surface area contributed by atoms with Gasteiger partial charge in [0.05, 0.1) is 16.1 Å². The first-order chi connectivity index (χ1) is 8.73. The first kappa shape index (κ1) is 17.2. The molecule has 1 aliphatic carbocycles. The fourth-order valence-corrected chi connectivity index (χ4v) is 9.61. The SMILES string of the molecule is C[Si](C)(C)/C1=C(\[Si](C)(C)C)CCCCCCCCC1. The Balaban J connectivity index is 3.05. The molecule has 0 aromatic heterocycles. The quantitative estimate of drug-likeness (QED) is 0.506. The summed E-state index contributed by atoms with van der Waals surface area (Å²) >= 11 is 0. The Labute approximate surface area is 124 Å². The standard InChI is InChI=1S/C17H36Si2/c1-18(2,3)16-14-12-10-8-7-9-11-13-15-17(16)19(4,5)6/h7-15H2,1-6H3/b17-16-. The van der Waals surface area contributed by atoms with E-state index in [9.17, 15) is 0 Å². The van der Waals surface area contributed by atoms with Gasteiger partial charge in [-0.25, -0.2) is 0 Å². The monoisotopic (exact) mass is 296 g/mol. The highest BCUT2D eigenvalue weighted by atomic mass is 28.3. The van der Waals surface area contributed by atoms with Gasteiger partial charge in [-0.3, -0.25) is 0 Å². The molecule has 1 rings (SSSR count). The minimum atomic E-state index is -1.12. The van der Waals surface area contributed by atoms with Crippen molar-refractivity contribution in [2.45, 2.75) is 97.1 Å². The lowest BCUT2D eigenvalue weighted by Gasteiger charge is -2.32. The number of rotatable bonds is 2. The van der Waals surface area contributed by atoms with Crippen molar-refractivity contribution in [2.24, 2.45) is 0 Å². The van der Waals surface area contributed by atoms with E-state index in [1.165, 1.54) is 57.8 Å². The number of hydrogen-bond acceptors (Lipinski definition) is 0. The summed E-state index contributed by atoms with van der Waals surface area (Å²) in [6.07, 6.45) is 13.1.